The summed E-state index contributed by atoms with van der Waals surface area (Å²) >= 11 is 0. The molecule has 0 spiro atoms. The second kappa shape index (κ2) is 21.4. The number of nitrogens with zero attached hydrogens (tertiary/aromatic N) is 3. The van der Waals surface area contributed by atoms with Gasteiger partial charge in [0.15, 0.2) is 0 Å². The Morgan fingerprint density at radius 1 is 0.614 bits per heavy atom. The summed E-state index contributed by atoms with van der Waals surface area (Å²) in [5.74, 6) is -1.81. The van der Waals surface area contributed by atoms with Gasteiger partial charge in [-0.25, -0.2) is 4.57 Å². The van der Waals surface area contributed by atoms with Gasteiger partial charge in [-0.05, 0) is 13.8 Å². The standard InChI is InChI=1S/C27H55N3O12P2/c1-21(2)25(32)28(10-15-31)13-19-41-44(36,37)42-20-30(27(34)23(5)6)14-18-40-43(9,35)39-17-12-29(26(33)22(3)4)11-16-38-24(7)8/h21-24,31H,10-20H2,1-9H3,(H,36,37). The molecule has 2 N–H and O–H groups in total. The number of rotatable bonds is 24. The van der Waals surface area contributed by atoms with Crippen LogP contribution in [0.5, 0.6) is 0 Å². The zero-order valence-electron chi connectivity index (χ0n) is 27.8. The van der Waals surface area contributed by atoms with Gasteiger partial charge in [0.05, 0.1) is 39.1 Å². The number of hydrogen-bond donors (Lipinski definition) is 2. The molecule has 260 valence electrons. The van der Waals surface area contributed by atoms with E-state index in [2.05, 4.69) is 0 Å². The molecular weight excluding hydrogens is 620 g/mol. The SMILES string of the molecule is CC(C)OCCN(CCOP(C)(=O)OCCN(COP(=O)(O)OCCN(CCO)C(=O)C(C)C)C(=O)C(C)C)C(=O)C(C)C. The number of hydrogen-bond acceptors (Lipinski definition) is 11. The van der Waals surface area contributed by atoms with Crippen molar-refractivity contribution in [2.24, 2.45) is 17.8 Å². The van der Waals surface area contributed by atoms with Crippen LogP contribution in [0.3, 0.4) is 0 Å². The number of carbonyl (C=O) groups excluding carboxylic acids is 3. The van der Waals surface area contributed by atoms with Gasteiger partial charge in [0, 0.05) is 57.1 Å². The Balaban J connectivity index is 4.98. The van der Waals surface area contributed by atoms with Crippen molar-refractivity contribution >= 4 is 33.1 Å². The molecule has 3 amide bonds. The Bertz CT molecular complexity index is 964. The molecule has 2 atom stereocenters. The van der Waals surface area contributed by atoms with E-state index in [0.29, 0.717) is 13.2 Å². The molecule has 0 rings (SSSR count). The molecular formula is C27H55N3O12P2. The Morgan fingerprint density at radius 3 is 1.43 bits per heavy atom. The summed E-state index contributed by atoms with van der Waals surface area (Å²) in [5, 5.41) is 9.18. The average Bonchev–Trinajstić information content (AvgIpc) is 2.91. The van der Waals surface area contributed by atoms with Crippen LogP contribution < -0.4 is 0 Å². The molecule has 0 aromatic rings. The first-order valence-electron chi connectivity index (χ1n) is 14.9. The van der Waals surface area contributed by atoms with E-state index in [9.17, 15) is 33.5 Å². The van der Waals surface area contributed by atoms with Crippen LogP contribution in [0, 0.1) is 17.8 Å². The Morgan fingerprint density at radius 2 is 1.00 bits per heavy atom. The van der Waals surface area contributed by atoms with E-state index in [1.54, 1.807) is 46.4 Å². The van der Waals surface area contributed by atoms with Crippen molar-refractivity contribution in [3.63, 3.8) is 0 Å². The number of carbonyl (C=O) groups is 3. The van der Waals surface area contributed by atoms with Crippen LogP contribution in [0.2, 0.25) is 0 Å². The fourth-order valence-corrected chi connectivity index (χ4v) is 5.21. The summed E-state index contributed by atoms with van der Waals surface area (Å²) in [6.07, 6.45) is 0.0192. The second-order valence-electron chi connectivity index (χ2n) is 11.4. The molecule has 15 nitrogen and oxygen atoms in total. The van der Waals surface area contributed by atoms with Crippen LogP contribution in [-0.2, 0) is 46.3 Å². The van der Waals surface area contributed by atoms with Crippen LogP contribution in [-0.4, -0.2) is 128 Å². The van der Waals surface area contributed by atoms with Crippen molar-refractivity contribution in [2.75, 3.05) is 79.2 Å². The van der Waals surface area contributed by atoms with Gasteiger partial charge in [-0.2, -0.15) is 0 Å². The van der Waals surface area contributed by atoms with Crippen molar-refractivity contribution in [3.05, 3.63) is 0 Å². The summed E-state index contributed by atoms with van der Waals surface area (Å²) in [6.45, 7) is 14.5. The smallest absolute Gasteiger partial charge is 0.395 e. The van der Waals surface area contributed by atoms with E-state index >= 15 is 0 Å². The maximum atomic E-state index is 12.9. The molecule has 17 heteroatoms. The number of phosphoric acid groups is 1. The van der Waals surface area contributed by atoms with E-state index < -0.39 is 34.0 Å². The van der Waals surface area contributed by atoms with Crippen LogP contribution in [0.4, 0.5) is 0 Å². The zero-order valence-corrected chi connectivity index (χ0v) is 29.6. The Kier molecular flexibility index (Phi) is 20.7. The van der Waals surface area contributed by atoms with Gasteiger partial charge in [0.1, 0.15) is 6.73 Å². The summed E-state index contributed by atoms with van der Waals surface area (Å²) in [7, 11) is -8.20. The number of aliphatic hydroxyl groups excluding tert-OH is 1. The maximum Gasteiger partial charge on any atom is 0.473 e. The molecule has 44 heavy (non-hydrogen) atoms. The van der Waals surface area contributed by atoms with Gasteiger partial charge in [-0.1, -0.05) is 41.5 Å². The fourth-order valence-electron chi connectivity index (χ4n) is 3.63. The van der Waals surface area contributed by atoms with Crippen molar-refractivity contribution < 1.29 is 56.3 Å². The molecule has 0 aliphatic rings. The first-order valence-corrected chi connectivity index (χ1v) is 18.4. The van der Waals surface area contributed by atoms with Gasteiger partial charge in [0.25, 0.3) is 0 Å². The summed E-state index contributed by atoms with van der Waals surface area (Å²) in [4.78, 5) is 51.5. The normalized spacial score (nSPS) is 14.6. The van der Waals surface area contributed by atoms with Gasteiger partial charge < -0.3 is 38.5 Å². The third-order valence-electron chi connectivity index (χ3n) is 5.97. The highest BCUT2D eigenvalue weighted by Gasteiger charge is 2.27. The molecule has 0 saturated carbocycles. The number of aliphatic hydroxyl groups is 1. The molecule has 0 aliphatic carbocycles. The predicted molar refractivity (Wildman–Crippen MR) is 165 cm³/mol. The third-order valence-corrected chi connectivity index (χ3v) is 8.22. The van der Waals surface area contributed by atoms with Gasteiger partial charge >= 0.3 is 15.4 Å². The maximum absolute atomic E-state index is 12.9. The van der Waals surface area contributed by atoms with Crippen LogP contribution in [0.1, 0.15) is 55.4 Å². The predicted octanol–water partition coefficient (Wildman–Crippen LogP) is 2.80. The van der Waals surface area contributed by atoms with E-state index in [4.69, 9.17) is 22.8 Å². The lowest BCUT2D eigenvalue weighted by molar-refractivity contribution is -0.138. The quantitative estimate of drug-likeness (QED) is 0.113. The van der Waals surface area contributed by atoms with Crippen LogP contribution in [0.25, 0.3) is 0 Å². The van der Waals surface area contributed by atoms with Gasteiger partial charge in [-0.3, -0.25) is 28.0 Å². The lowest BCUT2D eigenvalue weighted by Gasteiger charge is -2.27. The van der Waals surface area contributed by atoms with E-state index in [1.807, 2.05) is 13.8 Å². The van der Waals surface area contributed by atoms with Crippen molar-refractivity contribution in [2.45, 2.75) is 61.5 Å². The van der Waals surface area contributed by atoms with Crippen molar-refractivity contribution in [1.82, 2.24) is 14.7 Å². The minimum Gasteiger partial charge on any atom is -0.395 e. The highest BCUT2D eigenvalue weighted by molar-refractivity contribution is 7.52. The lowest BCUT2D eigenvalue weighted by Crippen LogP contribution is -2.39. The first-order chi connectivity index (χ1) is 20.3. The molecule has 2 unspecified atom stereocenters. The molecule has 0 aromatic carbocycles. The molecule has 0 aromatic heterocycles. The summed E-state index contributed by atoms with van der Waals surface area (Å²) in [5.41, 5.74) is 0. The largest absolute Gasteiger partial charge is 0.473 e. The van der Waals surface area contributed by atoms with Gasteiger partial charge in [-0.15, -0.1) is 0 Å². The third kappa shape index (κ3) is 18.5. The number of ether oxygens (including phenoxy) is 1. The topological polar surface area (TPSA) is 182 Å². The zero-order chi connectivity index (χ0) is 34.1. The highest BCUT2D eigenvalue weighted by atomic mass is 31.2. The number of phosphoric ester groups is 1. The molecule has 0 radical (unpaired) electrons. The molecule has 0 heterocycles. The first kappa shape index (κ1) is 42.6. The molecule has 0 saturated heterocycles. The highest BCUT2D eigenvalue weighted by Crippen LogP contribution is 2.44. The minimum absolute atomic E-state index is 0.0192. The molecule has 0 aliphatic heterocycles. The lowest BCUT2D eigenvalue weighted by atomic mass is 10.2. The van der Waals surface area contributed by atoms with Gasteiger partial charge in [0.2, 0.25) is 17.7 Å². The van der Waals surface area contributed by atoms with Crippen molar-refractivity contribution in [3.8, 4) is 0 Å². The van der Waals surface area contributed by atoms with Crippen molar-refractivity contribution in [1.29, 1.82) is 0 Å². The fraction of sp³-hybridized carbons (Fsp3) is 0.889. The van der Waals surface area contributed by atoms with Crippen LogP contribution >= 0.6 is 15.4 Å². The van der Waals surface area contributed by atoms with E-state index in [-0.39, 0.29) is 82.4 Å². The average molecular weight is 676 g/mol. The number of amides is 3. The minimum atomic E-state index is -4.62. The van der Waals surface area contributed by atoms with E-state index in [0.717, 1.165) is 4.90 Å². The van der Waals surface area contributed by atoms with E-state index in [1.165, 1.54) is 11.6 Å². The Hall–Kier alpha value is -1.41. The molecule has 0 fully saturated rings. The van der Waals surface area contributed by atoms with Crippen LogP contribution in [0.15, 0.2) is 0 Å². The summed E-state index contributed by atoms with van der Waals surface area (Å²) < 4.78 is 51.7. The summed E-state index contributed by atoms with van der Waals surface area (Å²) in [6, 6.07) is 0. The monoisotopic (exact) mass is 675 g/mol. The Labute approximate surface area is 262 Å². The molecule has 0 bridgehead atoms. The second-order valence-corrected chi connectivity index (χ2v) is 14.9.